The number of nitrogens with zero attached hydrogens (tertiary/aromatic N) is 1. The van der Waals surface area contributed by atoms with Crippen LogP contribution in [0.15, 0.2) is 30.3 Å². The van der Waals surface area contributed by atoms with Gasteiger partial charge in [-0.3, -0.25) is 9.69 Å². The number of ketones is 1. The van der Waals surface area contributed by atoms with Gasteiger partial charge < -0.3 is 0 Å². The molecule has 102 valence electrons. The summed E-state index contributed by atoms with van der Waals surface area (Å²) in [5.41, 5.74) is 1.35. The number of carbonyl (C=O) groups is 1. The van der Waals surface area contributed by atoms with Gasteiger partial charge in [-0.1, -0.05) is 36.8 Å². The summed E-state index contributed by atoms with van der Waals surface area (Å²) in [5.74, 6) is 0.445. The Morgan fingerprint density at radius 1 is 0.947 bits per heavy atom. The highest BCUT2D eigenvalue weighted by molar-refractivity contribution is 5.80. The van der Waals surface area contributed by atoms with Crippen LogP contribution in [0.5, 0.6) is 0 Å². The molecule has 1 heterocycles. The highest BCUT2D eigenvalue weighted by Gasteiger charge is 2.42. The van der Waals surface area contributed by atoms with Gasteiger partial charge in [0, 0.05) is 12.8 Å². The van der Waals surface area contributed by atoms with E-state index in [-0.39, 0.29) is 5.54 Å². The van der Waals surface area contributed by atoms with E-state index in [1.165, 1.54) is 24.8 Å². The Hall–Kier alpha value is -1.15. The second kappa shape index (κ2) is 5.46. The number of hydrogen-bond donors (Lipinski definition) is 0. The molecule has 1 aliphatic heterocycles. The van der Waals surface area contributed by atoms with Crippen LogP contribution in [0.2, 0.25) is 0 Å². The summed E-state index contributed by atoms with van der Waals surface area (Å²) in [6, 6.07) is 10.7. The lowest BCUT2D eigenvalue weighted by molar-refractivity contribution is -0.125. The zero-order valence-electron chi connectivity index (χ0n) is 11.6. The average molecular weight is 257 g/mol. The maximum Gasteiger partial charge on any atom is 0.135 e. The molecule has 19 heavy (non-hydrogen) atoms. The maximum absolute atomic E-state index is 12.1. The van der Waals surface area contributed by atoms with Crippen molar-refractivity contribution < 1.29 is 4.79 Å². The van der Waals surface area contributed by atoms with Crippen molar-refractivity contribution in [3.05, 3.63) is 35.9 Å². The zero-order valence-corrected chi connectivity index (χ0v) is 11.6. The van der Waals surface area contributed by atoms with Crippen LogP contribution in [0.4, 0.5) is 0 Å². The van der Waals surface area contributed by atoms with E-state index in [2.05, 4.69) is 35.2 Å². The third kappa shape index (κ3) is 2.46. The third-order valence-electron chi connectivity index (χ3n) is 4.81. The van der Waals surface area contributed by atoms with Crippen LogP contribution in [-0.2, 0) is 10.3 Å². The lowest BCUT2D eigenvalue weighted by Crippen LogP contribution is -2.51. The lowest BCUT2D eigenvalue weighted by Gasteiger charge is -2.48. The van der Waals surface area contributed by atoms with Gasteiger partial charge in [0.1, 0.15) is 5.78 Å². The Labute approximate surface area is 115 Å². The number of carbonyl (C=O) groups excluding carboxylic acids is 1. The first-order chi connectivity index (χ1) is 9.31. The molecule has 0 amide bonds. The molecule has 1 aromatic carbocycles. The molecular formula is C17H23NO. The summed E-state index contributed by atoms with van der Waals surface area (Å²) in [7, 11) is 0. The summed E-state index contributed by atoms with van der Waals surface area (Å²) in [6.45, 7) is 2.31. The number of Topliss-reactive ketones (excluding diaryl/α,β-unsaturated/α-hetero) is 1. The Morgan fingerprint density at radius 2 is 1.68 bits per heavy atom. The normalized spacial score (nSPS) is 29.4. The molecule has 2 nitrogen and oxygen atoms in total. The summed E-state index contributed by atoms with van der Waals surface area (Å²) in [6.07, 6.45) is 7.59. The van der Waals surface area contributed by atoms with Crippen molar-refractivity contribution in [2.45, 2.75) is 50.5 Å². The molecule has 1 atom stereocenters. The molecular weight excluding hydrogens is 234 g/mol. The van der Waals surface area contributed by atoms with E-state index in [0.29, 0.717) is 5.78 Å². The molecule has 2 aliphatic rings. The number of piperidine rings is 1. The fourth-order valence-corrected chi connectivity index (χ4v) is 3.85. The molecule has 0 spiro atoms. The Balaban J connectivity index is 1.96. The van der Waals surface area contributed by atoms with Crippen LogP contribution in [0.3, 0.4) is 0 Å². The summed E-state index contributed by atoms with van der Waals surface area (Å²) in [5, 5.41) is 0. The highest BCUT2D eigenvalue weighted by atomic mass is 16.1. The molecule has 1 aromatic rings. The Kier molecular flexibility index (Phi) is 3.69. The van der Waals surface area contributed by atoms with Crippen molar-refractivity contribution in [3.8, 4) is 0 Å². The second-order valence-corrected chi connectivity index (χ2v) is 6.01. The van der Waals surface area contributed by atoms with E-state index in [1.807, 2.05) is 0 Å². The van der Waals surface area contributed by atoms with E-state index >= 15 is 0 Å². The highest BCUT2D eigenvalue weighted by Crippen LogP contribution is 2.42. The number of benzene rings is 1. The van der Waals surface area contributed by atoms with Gasteiger partial charge in [-0.05, 0) is 44.3 Å². The molecule has 1 aliphatic carbocycles. The Bertz CT molecular complexity index is 436. The van der Waals surface area contributed by atoms with Gasteiger partial charge in [0.05, 0.1) is 5.54 Å². The number of hydrogen-bond acceptors (Lipinski definition) is 2. The predicted octanol–water partition coefficient (Wildman–Crippen LogP) is 3.51. The summed E-state index contributed by atoms with van der Waals surface area (Å²) >= 11 is 0. The number of rotatable bonds is 2. The van der Waals surface area contributed by atoms with Gasteiger partial charge in [-0.25, -0.2) is 0 Å². The van der Waals surface area contributed by atoms with Gasteiger partial charge in [0.2, 0.25) is 0 Å². The standard InChI is InChI=1S/C17H23NO/c19-16-10-7-11-17(14-16,15-8-3-1-4-9-15)18-12-5-2-6-13-18/h1,3-4,8-9H,2,5-7,10-14H2. The van der Waals surface area contributed by atoms with Crippen LogP contribution in [0, 0.1) is 0 Å². The van der Waals surface area contributed by atoms with E-state index in [4.69, 9.17) is 0 Å². The van der Waals surface area contributed by atoms with Crippen LogP contribution in [0.1, 0.15) is 50.5 Å². The predicted molar refractivity (Wildman–Crippen MR) is 77.0 cm³/mol. The average Bonchev–Trinajstić information content (AvgIpc) is 2.49. The fourth-order valence-electron chi connectivity index (χ4n) is 3.85. The van der Waals surface area contributed by atoms with E-state index in [1.54, 1.807) is 0 Å². The van der Waals surface area contributed by atoms with Crippen LogP contribution >= 0.6 is 0 Å². The minimum atomic E-state index is -0.00296. The summed E-state index contributed by atoms with van der Waals surface area (Å²) < 4.78 is 0. The molecule has 1 unspecified atom stereocenters. The Morgan fingerprint density at radius 3 is 2.37 bits per heavy atom. The molecule has 1 saturated heterocycles. The van der Waals surface area contributed by atoms with Crippen LogP contribution < -0.4 is 0 Å². The molecule has 0 N–H and O–H groups in total. The van der Waals surface area contributed by atoms with Gasteiger partial charge >= 0.3 is 0 Å². The van der Waals surface area contributed by atoms with E-state index in [9.17, 15) is 4.79 Å². The van der Waals surface area contributed by atoms with Crippen molar-refractivity contribution in [1.29, 1.82) is 0 Å². The van der Waals surface area contributed by atoms with Gasteiger partial charge in [-0.15, -0.1) is 0 Å². The first-order valence-electron chi connectivity index (χ1n) is 7.64. The number of likely N-dealkylation sites (tertiary alicyclic amines) is 1. The molecule has 0 bridgehead atoms. The quantitative estimate of drug-likeness (QED) is 0.808. The molecule has 1 saturated carbocycles. The van der Waals surface area contributed by atoms with Crippen molar-refractivity contribution in [2.24, 2.45) is 0 Å². The van der Waals surface area contributed by atoms with Crippen LogP contribution in [-0.4, -0.2) is 23.8 Å². The maximum atomic E-state index is 12.1. The van der Waals surface area contributed by atoms with Gasteiger partial charge in [-0.2, -0.15) is 0 Å². The van der Waals surface area contributed by atoms with Gasteiger partial charge in [0.25, 0.3) is 0 Å². The molecule has 0 radical (unpaired) electrons. The molecule has 2 fully saturated rings. The molecule has 2 heteroatoms. The smallest absolute Gasteiger partial charge is 0.135 e. The van der Waals surface area contributed by atoms with Crippen molar-refractivity contribution in [3.63, 3.8) is 0 Å². The van der Waals surface area contributed by atoms with Crippen molar-refractivity contribution >= 4 is 5.78 Å². The molecule has 3 rings (SSSR count). The monoisotopic (exact) mass is 257 g/mol. The third-order valence-corrected chi connectivity index (χ3v) is 4.81. The first-order valence-corrected chi connectivity index (χ1v) is 7.64. The van der Waals surface area contributed by atoms with E-state index < -0.39 is 0 Å². The van der Waals surface area contributed by atoms with Gasteiger partial charge in [0.15, 0.2) is 0 Å². The minimum absolute atomic E-state index is 0.00296. The zero-order chi connectivity index (χ0) is 13.1. The summed E-state index contributed by atoms with van der Waals surface area (Å²) in [4.78, 5) is 14.7. The minimum Gasteiger partial charge on any atom is -0.300 e. The van der Waals surface area contributed by atoms with Crippen LogP contribution in [0.25, 0.3) is 0 Å². The van der Waals surface area contributed by atoms with Crippen molar-refractivity contribution in [2.75, 3.05) is 13.1 Å². The lowest BCUT2D eigenvalue weighted by atomic mass is 9.74. The second-order valence-electron chi connectivity index (χ2n) is 6.01. The van der Waals surface area contributed by atoms with Crippen molar-refractivity contribution in [1.82, 2.24) is 4.90 Å². The largest absolute Gasteiger partial charge is 0.300 e. The SMILES string of the molecule is O=C1CCCC(c2ccccc2)(N2CCCCC2)C1. The first kappa shape index (κ1) is 12.9. The topological polar surface area (TPSA) is 20.3 Å². The molecule has 0 aromatic heterocycles. The fraction of sp³-hybridized carbons (Fsp3) is 0.588. The van der Waals surface area contributed by atoms with E-state index in [0.717, 1.165) is 38.8 Å².